The standard InChI is InChI=1S/C26H31N5O5Si.C15H21N5O2Si/c1-37(2,3)16-15-34-18-31-21-12-8-7-11-20(21)27-26(31)24-25(30-36-29-24)28-22(32)13-14-23(33)35-17-19-9-5-4-6-10-19;1-23(2,3)9-8-21-10-20-12-7-5-4-6-11(12)17-15(20)13-14(16)19-22-18-13/h4-12H,13-18H2,1-3H3,(H,28,30,32);4-7H,8-10H2,1-3H3,(H2,16,19). The van der Waals surface area contributed by atoms with Crippen LogP contribution in [0.2, 0.25) is 51.4 Å². The van der Waals surface area contributed by atoms with E-state index < -0.39 is 28.0 Å². The van der Waals surface area contributed by atoms with Gasteiger partial charge in [0.15, 0.2) is 28.9 Å². The fourth-order valence-electron chi connectivity index (χ4n) is 5.83. The summed E-state index contributed by atoms with van der Waals surface area (Å²) >= 11 is 0. The molecule has 4 heterocycles. The van der Waals surface area contributed by atoms with Crippen LogP contribution in [0.1, 0.15) is 18.4 Å². The highest BCUT2D eigenvalue weighted by Crippen LogP contribution is 2.29. The van der Waals surface area contributed by atoms with Crippen LogP contribution in [0.4, 0.5) is 11.6 Å². The Morgan fingerprint density at radius 3 is 1.73 bits per heavy atom. The van der Waals surface area contributed by atoms with E-state index in [-0.39, 0.29) is 43.5 Å². The molecule has 4 aromatic heterocycles. The number of hydrogen-bond acceptors (Lipinski definition) is 14. The summed E-state index contributed by atoms with van der Waals surface area (Å²) in [7, 11) is -2.35. The molecule has 0 aliphatic rings. The number of ether oxygens (including phenoxy) is 3. The van der Waals surface area contributed by atoms with Gasteiger partial charge in [0, 0.05) is 35.8 Å². The molecule has 0 unspecified atom stereocenters. The third kappa shape index (κ3) is 12.0. The van der Waals surface area contributed by atoms with Crippen molar-refractivity contribution in [2.75, 3.05) is 24.3 Å². The Balaban J connectivity index is 0.000000224. The van der Waals surface area contributed by atoms with Gasteiger partial charge in [0.25, 0.3) is 0 Å². The number of nitrogens with one attached hydrogen (secondary N) is 1. The SMILES string of the molecule is C[Si](C)(C)CCOCn1c(-c2nonc2N)nc2ccccc21.C[Si](C)(C)CCOCn1c(-c2nonc2NC(=O)CCC(=O)OCc2ccccc2)nc2ccccc21. The molecule has 17 nitrogen and oxygen atoms in total. The largest absolute Gasteiger partial charge is 0.461 e. The van der Waals surface area contributed by atoms with Crippen molar-refractivity contribution in [2.24, 2.45) is 0 Å². The predicted octanol–water partition coefficient (Wildman–Crippen LogP) is 7.84. The topological polar surface area (TPSA) is 213 Å². The van der Waals surface area contributed by atoms with Gasteiger partial charge in [0.1, 0.15) is 20.1 Å². The molecule has 7 aromatic rings. The summed E-state index contributed by atoms with van der Waals surface area (Å²) in [6.07, 6.45) is -0.140. The number of aromatic nitrogens is 8. The fourth-order valence-corrected chi connectivity index (χ4v) is 7.34. The molecule has 0 bridgehead atoms. The normalized spacial score (nSPS) is 11.8. The summed E-state index contributed by atoms with van der Waals surface area (Å²) < 4.78 is 30.6. The number of nitrogens with two attached hydrogens (primary N) is 1. The van der Waals surface area contributed by atoms with E-state index in [9.17, 15) is 9.59 Å². The lowest BCUT2D eigenvalue weighted by Gasteiger charge is -2.16. The van der Waals surface area contributed by atoms with Crippen molar-refractivity contribution in [3.63, 3.8) is 0 Å². The first-order chi connectivity index (χ1) is 28.8. The summed E-state index contributed by atoms with van der Waals surface area (Å²) in [5.41, 5.74) is 10.9. The van der Waals surface area contributed by atoms with Crippen molar-refractivity contribution < 1.29 is 33.1 Å². The van der Waals surface area contributed by atoms with Crippen molar-refractivity contribution in [2.45, 2.75) is 84.3 Å². The fraction of sp³-hybridized carbons (Fsp3) is 0.366. The Kier molecular flexibility index (Phi) is 14.4. The Bertz CT molecular complexity index is 2490. The maximum Gasteiger partial charge on any atom is 0.306 e. The average molecular weight is 853 g/mol. The Morgan fingerprint density at radius 1 is 0.667 bits per heavy atom. The second-order valence-electron chi connectivity index (χ2n) is 16.6. The molecule has 60 heavy (non-hydrogen) atoms. The Morgan fingerprint density at radius 2 is 1.18 bits per heavy atom. The van der Waals surface area contributed by atoms with Crippen LogP contribution < -0.4 is 11.1 Å². The summed E-state index contributed by atoms with van der Waals surface area (Å²) in [5, 5.41) is 18.0. The molecule has 0 fully saturated rings. The average Bonchev–Trinajstić information content (AvgIpc) is 4.02. The molecule has 316 valence electrons. The first-order valence-corrected chi connectivity index (χ1v) is 27.1. The third-order valence-corrected chi connectivity index (χ3v) is 12.6. The van der Waals surface area contributed by atoms with Gasteiger partial charge in [-0.3, -0.25) is 18.7 Å². The molecule has 1 amide bonds. The van der Waals surface area contributed by atoms with Gasteiger partial charge >= 0.3 is 5.97 Å². The quantitative estimate of drug-likeness (QED) is 0.0478. The van der Waals surface area contributed by atoms with Crippen LogP contribution in [0.25, 0.3) is 45.1 Å². The predicted molar refractivity (Wildman–Crippen MR) is 233 cm³/mol. The first-order valence-electron chi connectivity index (χ1n) is 19.7. The number of esters is 1. The summed E-state index contributed by atoms with van der Waals surface area (Å²) in [6, 6.07) is 27.0. The second-order valence-corrected chi connectivity index (χ2v) is 27.8. The van der Waals surface area contributed by atoms with Gasteiger partial charge in [-0.25, -0.2) is 19.2 Å². The number of rotatable bonds is 18. The van der Waals surface area contributed by atoms with Crippen molar-refractivity contribution >= 4 is 61.7 Å². The number of nitrogens with zero attached hydrogens (tertiary/aromatic N) is 8. The van der Waals surface area contributed by atoms with E-state index >= 15 is 0 Å². The molecule has 3 aromatic carbocycles. The lowest BCUT2D eigenvalue weighted by molar-refractivity contribution is -0.145. The molecule has 7 rings (SSSR count). The molecule has 0 aliphatic heterocycles. The lowest BCUT2D eigenvalue weighted by Crippen LogP contribution is -2.22. The third-order valence-electron chi connectivity index (χ3n) is 9.23. The van der Waals surface area contributed by atoms with Gasteiger partial charge < -0.3 is 25.3 Å². The number of carbonyl (C=O) groups excluding carboxylic acids is 2. The van der Waals surface area contributed by atoms with E-state index in [1.54, 1.807) is 0 Å². The minimum Gasteiger partial charge on any atom is -0.461 e. The Labute approximate surface area is 349 Å². The van der Waals surface area contributed by atoms with E-state index in [2.05, 4.69) is 75.2 Å². The zero-order valence-electron chi connectivity index (χ0n) is 34.9. The number of nitrogen functional groups attached to an aromatic ring is 1. The van der Waals surface area contributed by atoms with E-state index in [0.717, 1.165) is 46.3 Å². The molecular formula is C41H52N10O7Si2. The van der Waals surface area contributed by atoms with E-state index in [1.165, 1.54) is 0 Å². The van der Waals surface area contributed by atoms with E-state index in [4.69, 9.17) is 29.2 Å². The van der Waals surface area contributed by atoms with E-state index in [1.807, 2.05) is 88.0 Å². The molecular weight excluding hydrogens is 801 g/mol. The summed E-state index contributed by atoms with van der Waals surface area (Å²) in [5.74, 6) is 0.549. The zero-order valence-corrected chi connectivity index (χ0v) is 36.9. The number of amides is 1. The van der Waals surface area contributed by atoms with Gasteiger partial charge in [0.2, 0.25) is 11.7 Å². The molecule has 0 saturated carbocycles. The van der Waals surface area contributed by atoms with Gasteiger partial charge in [-0.15, -0.1) is 0 Å². The molecule has 0 saturated heterocycles. The van der Waals surface area contributed by atoms with Crippen LogP contribution in [-0.4, -0.2) is 81.0 Å². The minimum atomic E-state index is -1.23. The Hall–Kier alpha value is -6.03. The molecule has 0 atom stereocenters. The van der Waals surface area contributed by atoms with Crippen LogP contribution in [0.5, 0.6) is 0 Å². The first kappa shape index (κ1) is 43.5. The molecule has 0 spiro atoms. The number of para-hydroxylation sites is 4. The van der Waals surface area contributed by atoms with Gasteiger partial charge in [0.05, 0.1) is 28.5 Å². The highest BCUT2D eigenvalue weighted by atomic mass is 28.3. The maximum atomic E-state index is 12.6. The number of carbonyl (C=O) groups is 2. The molecule has 0 aliphatic carbocycles. The number of benzene rings is 3. The highest BCUT2D eigenvalue weighted by molar-refractivity contribution is 6.76. The lowest BCUT2D eigenvalue weighted by atomic mass is 10.2. The molecule has 0 radical (unpaired) electrons. The van der Waals surface area contributed by atoms with Crippen molar-refractivity contribution in [3.8, 4) is 23.0 Å². The van der Waals surface area contributed by atoms with Gasteiger partial charge in [-0.1, -0.05) is 93.9 Å². The second kappa shape index (κ2) is 19.8. The molecule has 3 N–H and O–H groups in total. The van der Waals surface area contributed by atoms with Crippen LogP contribution in [-0.2, 0) is 43.9 Å². The maximum absolute atomic E-state index is 12.6. The van der Waals surface area contributed by atoms with Crippen molar-refractivity contribution in [3.05, 3.63) is 84.4 Å². The number of fused-ring (bicyclic) bond motifs is 2. The number of anilines is 2. The zero-order chi connectivity index (χ0) is 42.7. The van der Waals surface area contributed by atoms with Gasteiger partial charge in [-0.2, -0.15) is 0 Å². The number of hydrogen-bond donors (Lipinski definition) is 2. The molecule has 19 heteroatoms. The van der Waals surface area contributed by atoms with Crippen LogP contribution >= 0.6 is 0 Å². The number of imidazole rings is 2. The summed E-state index contributed by atoms with van der Waals surface area (Å²) in [4.78, 5) is 33.9. The van der Waals surface area contributed by atoms with Crippen molar-refractivity contribution in [1.82, 2.24) is 39.7 Å². The van der Waals surface area contributed by atoms with Crippen LogP contribution in [0, 0.1) is 0 Å². The highest BCUT2D eigenvalue weighted by Gasteiger charge is 2.23. The smallest absolute Gasteiger partial charge is 0.306 e. The van der Waals surface area contributed by atoms with Crippen LogP contribution in [0.15, 0.2) is 88.1 Å². The van der Waals surface area contributed by atoms with E-state index in [0.29, 0.717) is 30.7 Å². The summed E-state index contributed by atoms with van der Waals surface area (Å²) in [6.45, 7) is 16.1. The van der Waals surface area contributed by atoms with Crippen LogP contribution in [0.3, 0.4) is 0 Å². The van der Waals surface area contributed by atoms with Gasteiger partial charge in [-0.05, 0) is 62.5 Å². The minimum absolute atomic E-state index is 0.0667. The van der Waals surface area contributed by atoms with Crippen molar-refractivity contribution in [1.29, 1.82) is 0 Å². The monoisotopic (exact) mass is 852 g/mol.